The van der Waals surface area contributed by atoms with Gasteiger partial charge in [-0.3, -0.25) is 4.55 Å². The van der Waals surface area contributed by atoms with Crippen LogP contribution in [0.3, 0.4) is 0 Å². The Morgan fingerprint density at radius 1 is 1.21 bits per heavy atom. The first kappa shape index (κ1) is 19.8. The summed E-state index contributed by atoms with van der Waals surface area (Å²) in [6.07, 6.45) is 0. The second-order valence-corrected chi connectivity index (χ2v) is 4.74. The molecule has 3 nitrogen and oxygen atoms in total. The molecule has 0 saturated carbocycles. The minimum absolute atomic E-state index is 0. The van der Waals surface area contributed by atoms with E-state index in [0.717, 1.165) is 0 Å². The van der Waals surface area contributed by atoms with Crippen LogP contribution in [0.15, 0.2) is 11.5 Å². The zero-order chi connectivity index (χ0) is 11.5. The third-order valence-electron chi connectivity index (χ3n) is 0.440. The Bertz CT molecular complexity index is 276. The third kappa shape index (κ3) is 39.5. The van der Waals surface area contributed by atoms with E-state index in [1.54, 1.807) is 0 Å². The van der Waals surface area contributed by atoms with Gasteiger partial charge in [0, 0.05) is 0 Å². The molecule has 0 fully saturated rings. The predicted molar refractivity (Wildman–Crippen MR) is 46.0 cm³/mol. The molecule has 0 heterocycles. The van der Waals surface area contributed by atoms with Crippen molar-refractivity contribution in [3.63, 3.8) is 0 Å². The van der Waals surface area contributed by atoms with Gasteiger partial charge < -0.3 is 0 Å². The summed E-state index contributed by atoms with van der Waals surface area (Å²) in [5, 5.41) is 0. The van der Waals surface area contributed by atoms with Crippen LogP contribution in [0.25, 0.3) is 0 Å². The number of rotatable bonds is 1. The predicted octanol–water partition coefficient (Wildman–Crippen LogP) is 2.72. The first-order valence-electron chi connectivity index (χ1n) is 2.42. The summed E-state index contributed by atoms with van der Waals surface area (Å²) in [4.78, 5) is -0.229. The summed E-state index contributed by atoms with van der Waals surface area (Å²) >= 11 is 0. The van der Waals surface area contributed by atoms with Gasteiger partial charge in [-0.25, -0.2) is 0 Å². The van der Waals surface area contributed by atoms with Crippen molar-refractivity contribution in [2.75, 3.05) is 0 Å². The van der Waals surface area contributed by atoms with Crippen LogP contribution < -0.4 is 0 Å². The SMILES string of the molecule is C=C(C)S(=O)(=O)O.FP(F)(F)(F)F.[LiH]. The maximum atomic E-state index is 9.84. The quantitative estimate of drug-likeness (QED) is 0.339. The third-order valence-corrected chi connectivity index (χ3v) is 1.32. The summed E-state index contributed by atoms with van der Waals surface area (Å²) in [6, 6.07) is 0. The number of hydrogen-bond donors (Lipinski definition) is 1. The zero-order valence-corrected chi connectivity index (χ0v) is 7.93. The molecule has 0 aromatic rings. The molecule has 0 aliphatic heterocycles. The Morgan fingerprint density at radius 2 is 1.29 bits per heavy atom. The van der Waals surface area contributed by atoms with Crippen LogP contribution >= 0.6 is 8.16 Å². The average Bonchev–Trinajstić information content (AvgIpc) is 1.52. The van der Waals surface area contributed by atoms with Crippen molar-refractivity contribution >= 4 is 37.1 Å². The van der Waals surface area contributed by atoms with Crippen LogP contribution in [-0.2, 0) is 10.1 Å². The summed E-state index contributed by atoms with van der Waals surface area (Å²) < 4.78 is 76.7. The molecule has 0 bridgehead atoms. The normalized spacial score (nSPS) is 13.8. The molecule has 0 atom stereocenters. The molecule has 0 radical (unpaired) electrons. The first-order chi connectivity index (χ1) is 5.18. The molecule has 84 valence electrons. The Kier molecular flexibility index (Phi) is 7.68. The molecule has 0 aliphatic rings. The van der Waals surface area contributed by atoms with E-state index < -0.39 is 18.3 Å². The van der Waals surface area contributed by atoms with Crippen molar-refractivity contribution in [1.82, 2.24) is 0 Å². The van der Waals surface area contributed by atoms with Crippen molar-refractivity contribution in [2.45, 2.75) is 6.92 Å². The second-order valence-electron chi connectivity index (χ2n) is 1.82. The van der Waals surface area contributed by atoms with Gasteiger partial charge >= 0.3 is 48.0 Å². The van der Waals surface area contributed by atoms with E-state index in [9.17, 15) is 29.4 Å². The summed E-state index contributed by atoms with van der Waals surface area (Å²) in [5.41, 5.74) is 0. The number of hydrogen-bond acceptors (Lipinski definition) is 2. The van der Waals surface area contributed by atoms with Crippen molar-refractivity contribution < 1.29 is 34.0 Å². The molecule has 0 spiro atoms. The fourth-order valence-corrected chi connectivity index (χ4v) is 0. The van der Waals surface area contributed by atoms with Crippen LogP contribution in [0, 0.1) is 0 Å². The number of allylic oxidation sites excluding steroid dienone is 1. The Hall–Kier alpha value is 0.327. The van der Waals surface area contributed by atoms with Gasteiger partial charge in [-0.05, 0) is 6.92 Å². The monoisotopic (exact) mass is 256 g/mol. The van der Waals surface area contributed by atoms with Gasteiger partial charge in [0.05, 0.1) is 4.91 Å². The fraction of sp³-hybridized carbons (Fsp3) is 0.333. The molecule has 0 unspecified atom stereocenters. The van der Waals surface area contributed by atoms with Crippen LogP contribution in [-0.4, -0.2) is 31.8 Å². The van der Waals surface area contributed by atoms with E-state index >= 15 is 0 Å². The van der Waals surface area contributed by atoms with Gasteiger partial charge in [0.25, 0.3) is 10.1 Å². The molecule has 1 N–H and O–H groups in total. The van der Waals surface area contributed by atoms with E-state index in [1.807, 2.05) is 0 Å². The van der Waals surface area contributed by atoms with Gasteiger partial charge in [0.1, 0.15) is 0 Å². The van der Waals surface area contributed by atoms with E-state index in [2.05, 4.69) is 6.58 Å². The molecule has 0 aromatic carbocycles. The van der Waals surface area contributed by atoms with E-state index in [-0.39, 0.29) is 23.8 Å². The Labute approximate surface area is 89.8 Å². The van der Waals surface area contributed by atoms with E-state index in [4.69, 9.17) is 4.55 Å². The minimum atomic E-state index is -8.55. The summed E-state index contributed by atoms with van der Waals surface area (Å²) in [6.45, 7) is 4.21. The van der Waals surface area contributed by atoms with E-state index in [1.165, 1.54) is 6.92 Å². The van der Waals surface area contributed by atoms with Crippen LogP contribution in [0.4, 0.5) is 21.0 Å². The van der Waals surface area contributed by atoms with E-state index in [0.29, 0.717) is 0 Å². The Morgan fingerprint density at radius 3 is 1.29 bits per heavy atom. The van der Waals surface area contributed by atoms with Crippen molar-refractivity contribution in [3.8, 4) is 0 Å². The van der Waals surface area contributed by atoms with Crippen LogP contribution in [0.5, 0.6) is 0 Å². The van der Waals surface area contributed by atoms with Gasteiger partial charge in [0.15, 0.2) is 0 Å². The Balaban J connectivity index is -0.000000163. The standard InChI is InChI=1S/C3H6O3S.F5P.Li.H/c1-3(2)7(4,5)6;1-6(2,3,4)5;;/h1H2,2H3,(H,4,5,6);;;. The molecular formula is C3H7F5LiO3PS. The molecule has 0 rings (SSSR count). The average molecular weight is 256 g/mol. The zero-order valence-electron chi connectivity index (χ0n) is 6.22. The van der Waals surface area contributed by atoms with Crippen molar-refractivity contribution in [3.05, 3.63) is 11.5 Å². The van der Waals surface area contributed by atoms with Gasteiger partial charge in [0.2, 0.25) is 0 Å². The second kappa shape index (κ2) is 5.42. The fourth-order valence-electron chi connectivity index (χ4n) is 0. The molecule has 14 heavy (non-hydrogen) atoms. The van der Waals surface area contributed by atoms with Crippen LogP contribution in [0.1, 0.15) is 6.92 Å². The van der Waals surface area contributed by atoms with Crippen molar-refractivity contribution in [1.29, 1.82) is 0 Å². The summed E-state index contributed by atoms with van der Waals surface area (Å²) in [7, 11) is -12.5. The first-order valence-corrected chi connectivity index (χ1v) is 5.55. The number of halogens is 5. The van der Waals surface area contributed by atoms with Gasteiger partial charge in [-0.1, -0.05) is 6.58 Å². The van der Waals surface area contributed by atoms with Crippen LogP contribution in [0.2, 0.25) is 0 Å². The molecule has 0 amide bonds. The molecule has 0 aliphatic carbocycles. The molecule has 0 aromatic heterocycles. The topological polar surface area (TPSA) is 54.4 Å². The summed E-state index contributed by atoms with van der Waals surface area (Å²) in [5.74, 6) is 0. The van der Waals surface area contributed by atoms with Crippen molar-refractivity contribution in [2.24, 2.45) is 0 Å². The van der Waals surface area contributed by atoms with Gasteiger partial charge in [-0.15, -0.1) is 0 Å². The molecule has 11 heteroatoms. The maximum absolute atomic E-state index is 9.84. The molecule has 0 saturated heterocycles. The molecular weight excluding hydrogens is 249 g/mol. The van der Waals surface area contributed by atoms with Gasteiger partial charge in [-0.2, -0.15) is 8.42 Å².